The van der Waals surface area contributed by atoms with Crippen molar-refractivity contribution in [1.82, 2.24) is 0 Å². The number of hydrogen-bond donors (Lipinski definition) is 0. The van der Waals surface area contributed by atoms with Crippen LogP contribution in [0.3, 0.4) is 0 Å². The zero-order valence-corrected chi connectivity index (χ0v) is 23.4. The van der Waals surface area contributed by atoms with Gasteiger partial charge in [0.25, 0.3) is 0 Å². The summed E-state index contributed by atoms with van der Waals surface area (Å²) in [7, 11) is 0. The number of fused-ring (bicyclic) bond motifs is 6. The summed E-state index contributed by atoms with van der Waals surface area (Å²) in [5.74, 6) is 0. The normalized spacial score (nSPS) is 17.6. The molecule has 1 nitrogen and oxygen atoms in total. The zero-order chi connectivity index (χ0) is 46.3. The molecule has 0 fully saturated rings. The van der Waals surface area contributed by atoms with Crippen molar-refractivity contribution in [3.63, 3.8) is 0 Å². The molecule has 0 amide bonds. The molecule has 1 heteroatoms. The van der Waals surface area contributed by atoms with Gasteiger partial charge in [-0.15, -0.1) is 0 Å². The van der Waals surface area contributed by atoms with Crippen LogP contribution in [-0.4, -0.2) is 0 Å². The van der Waals surface area contributed by atoms with Gasteiger partial charge in [-0.1, -0.05) is 145 Å². The van der Waals surface area contributed by atoms with Gasteiger partial charge in [-0.05, 0) is 90.7 Å². The lowest BCUT2D eigenvalue weighted by atomic mass is 9.85. The van der Waals surface area contributed by atoms with Crippen LogP contribution >= 0.6 is 0 Å². The van der Waals surface area contributed by atoms with Crippen molar-refractivity contribution in [2.45, 2.75) is 12.8 Å². The lowest BCUT2D eigenvalue weighted by Crippen LogP contribution is -1.99. The molecule has 1 aromatic heterocycles. The van der Waals surface area contributed by atoms with Crippen molar-refractivity contribution in [2.75, 3.05) is 0 Å². The Labute approximate surface area is 288 Å². The van der Waals surface area contributed by atoms with E-state index in [0.29, 0.717) is 27.5 Å². The van der Waals surface area contributed by atoms with Crippen LogP contribution in [0.5, 0.6) is 0 Å². The third kappa shape index (κ3) is 4.24. The molecule has 8 aromatic carbocycles. The Balaban J connectivity index is 1.47. The fraction of sp³-hybridized carbons (Fsp3) is 0.0455. The smallest absolute Gasteiger partial charge is 0.136 e. The molecule has 9 aromatic rings. The Bertz CT molecular complexity index is 3500. The van der Waals surface area contributed by atoms with Crippen LogP contribution in [0.25, 0.3) is 65.4 Å². The average Bonchev–Trinajstić information content (AvgIpc) is 3.67. The molecule has 1 heterocycles. The highest BCUT2D eigenvalue weighted by Crippen LogP contribution is 2.41. The predicted molar refractivity (Wildman–Crippen MR) is 190 cm³/mol. The summed E-state index contributed by atoms with van der Waals surface area (Å²) >= 11 is 0. The highest BCUT2D eigenvalue weighted by Gasteiger charge is 2.18. The van der Waals surface area contributed by atoms with Crippen molar-refractivity contribution < 1.29 is 30.5 Å². The van der Waals surface area contributed by atoms with Crippen LogP contribution in [0, 0.1) is 0 Å². The Morgan fingerprint density at radius 2 is 1.00 bits per heavy atom. The quantitative estimate of drug-likeness (QED) is 0.181. The number of rotatable bonds is 5. The summed E-state index contributed by atoms with van der Waals surface area (Å²) in [5.41, 5.74) is 0.333. The minimum Gasteiger partial charge on any atom is -0.456 e. The SMILES string of the molecule is [2H]c1c([2H])c([2H])c(Cc2c3c([2H])c([2H])c([2H])c([2H])c3c(Cc3c([2H])c([2H])c(-c4cccc5oc6ccccc6c45)c4c([2H])c([2H])c([2H])c([2H])c34)c3c([2H])c([2H])c([2H])c([2H])c23)c([2H])c1[2H]. The maximum atomic E-state index is 9.64. The maximum absolute atomic E-state index is 9.64. The number of hydrogen-bond acceptors (Lipinski definition) is 1. The Morgan fingerprint density at radius 1 is 0.422 bits per heavy atom. The van der Waals surface area contributed by atoms with Crippen LogP contribution in [0.4, 0.5) is 0 Å². The van der Waals surface area contributed by atoms with Gasteiger partial charge in [-0.25, -0.2) is 0 Å². The first-order chi connectivity index (χ1) is 30.2. The summed E-state index contributed by atoms with van der Waals surface area (Å²) in [5, 5.41) is -0.399. The first kappa shape index (κ1) is 13.1. The molecule has 0 radical (unpaired) electrons. The van der Waals surface area contributed by atoms with Gasteiger partial charge in [0.1, 0.15) is 11.2 Å². The molecule has 0 saturated heterocycles. The van der Waals surface area contributed by atoms with E-state index in [1.165, 1.54) is 0 Å². The maximum Gasteiger partial charge on any atom is 0.136 e. The molecule has 0 spiro atoms. The van der Waals surface area contributed by atoms with E-state index in [9.17, 15) is 11.0 Å². The van der Waals surface area contributed by atoms with Gasteiger partial charge in [0.05, 0.1) is 26.0 Å². The van der Waals surface area contributed by atoms with Crippen LogP contribution in [-0.2, 0) is 12.8 Å². The second kappa shape index (κ2) is 10.5. The Hall–Kier alpha value is -5.66. The van der Waals surface area contributed by atoms with Crippen molar-refractivity contribution in [3.05, 3.63) is 180 Å². The fourth-order valence-corrected chi connectivity index (χ4v) is 6.16. The molecule has 9 rings (SSSR count). The number of para-hydroxylation sites is 1. The predicted octanol–water partition coefficient (Wildman–Crippen LogP) is 11.9. The van der Waals surface area contributed by atoms with Crippen molar-refractivity contribution in [2.24, 2.45) is 0 Å². The molecular formula is C44H30O. The summed E-state index contributed by atoms with van der Waals surface area (Å²) in [6.07, 6.45) is -1.30. The largest absolute Gasteiger partial charge is 0.456 e. The Kier molecular flexibility index (Phi) is 3.07. The van der Waals surface area contributed by atoms with Crippen LogP contribution in [0.1, 0.15) is 48.3 Å². The van der Waals surface area contributed by atoms with E-state index in [1.807, 2.05) is 0 Å². The van der Waals surface area contributed by atoms with E-state index in [4.69, 9.17) is 19.5 Å². The number of furan rings is 1. The van der Waals surface area contributed by atoms with E-state index < -0.39 is 128 Å². The summed E-state index contributed by atoms with van der Waals surface area (Å²) in [6, 6.07) is -0.420. The van der Waals surface area contributed by atoms with E-state index in [-0.39, 0.29) is 60.1 Å². The van der Waals surface area contributed by atoms with Gasteiger partial charge in [0.15, 0.2) is 0 Å². The average molecular weight is 594 g/mol. The van der Waals surface area contributed by atoms with Crippen molar-refractivity contribution >= 4 is 54.3 Å². The molecular weight excluding hydrogens is 544 g/mol. The molecule has 0 unspecified atom stereocenters. The Morgan fingerprint density at radius 3 is 1.71 bits per heavy atom. The van der Waals surface area contributed by atoms with Crippen LogP contribution in [0.15, 0.2) is 162 Å². The monoisotopic (exact) mass is 593 g/mol. The molecule has 0 aliphatic carbocycles. The standard InChI is InChI=1S/C44H30O/c1-2-13-29(14-3-1)27-40-33-17-6-8-19-35(33)41(36-20-9-7-18-34(36)40)28-30-25-26-37(32-16-5-4-15-31(30)32)38-22-12-24-43-44(38)39-21-10-11-23-42(39)45-43/h1-26H,27-28H2/i1D,2D,3D,4D,5D,6D,7D,8D,9D,13D,14D,15D,16D,17D,18D,19D,20D,25D,26D. The first-order valence-electron chi connectivity index (χ1n) is 23.6. The van der Waals surface area contributed by atoms with Gasteiger partial charge >= 0.3 is 0 Å². The summed E-state index contributed by atoms with van der Waals surface area (Å²) < 4.78 is 176. The molecule has 0 bridgehead atoms. The third-order valence-electron chi connectivity index (χ3n) is 8.09. The third-order valence-corrected chi connectivity index (χ3v) is 8.09. The topological polar surface area (TPSA) is 13.1 Å². The van der Waals surface area contributed by atoms with E-state index >= 15 is 0 Å². The van der Waals surface area contributed by atoms with E-state index in [1.54, 1.807) is 42.5 Å². The molecule has 0 N–H and O–H groups in total. The lowest BCUT2D eigenvalue weighted by molar-refractivity contribution is 0.669. The molecule has 0 atom stereocenters. The minimum atomic E-state index is -0.748. The van der Waals surface area contributed by atoms with E-state index in [2.05, 4.69) is 0 Å². The summed E-state index contributed by atoms with van der Waals surface area (Å²) in [6.45, 7) is 0. The molecule has 212 valence electrons. The van der Waals surface area contributed by atoms with Gasteiger partial charge < -0.3 is 4.42 Å². The van der Waals surface area contributed by atoms with Gasteiger partial charge in [0, 0.05) is 10.8 Å². The number of benzene rings is 8. The molecule has 45 heavy (non-hydrogen) atoms. The molecule has 0 aliphatic rings. The van der Waals surface area contributed by atoms with Crippen molar-refractivity contribution in [1.29, 1.82) is 0 Å². The van der Waals surface area contributed by atoms with E-state index in [0.717, 1.165) is 0 Å². The molecule has 0 saturated carbocycles. The van der Waals surface area contributed by atoms with Crippen molar-refractivity contribution in [3.8, 4) is 11.1 Å². The zero-order valence-electron chi connectivity index (χ0n) is 42.4. The lowest BCUT2D eigenvalue weighted by Gasteiger charge is -2.19. The highest BCUT2D eigenvalue weighted by atomic mass is 16.3. The summed E-state index contributed by atoms with van der Waals surface area (Å²) in [4.78, 5) is 0. The van der Waals surface area contributed by atoms with Gasteiger partial charge in [-0.2, -0.15) is 0 Å². The molecule has 0 aliphatic heterocycles. The first-order valence-corrected chi connectivity index (χ1v) is 14.1. The van der Waals surface area contributed by atoms with Crippen LogP contribution < -0.4 is 0 Å². The van der Waals surface area contributed by atoms with Crippen LogP contribution in [0.2, 0.25) is 0 Å². The minimum absolute atomic E-state index is 0.0135. The fourth-order valence-electron chi connectivity index (χ4n) is 6.16. The highest BCUT2D eigenvalue weighted by molar-refractivity contribution is 6.15. The second-order valence-electron chi connectivity index (χ2n) is 10.5. The van der Waals surface area contributed by atoms with Gasteiger partial charge in [0.2, 0.25) is 0 Å². The second-order valence-corrected chi connectivity index (χ2v) is 10.5. The van der Waals surface area contributed by atoms with Gasteiger partial charge in [-0.3, -0.25) is 0 Å².